The number of hydrazine groups is 1. The summed E-state index contributed by atoms with van der Waals surface area (Å²) in [6.07, 6.45) is 10.9. The van der Waals surface area contributed by atoms with Gasteiger partial charge in [0.15, 0.2) is 0 Å². The first kappa shape index (κ1) is 21.2. The van der Waals surface area contributed by atoms with Crippen molar-refractivity contribution in [2.45, 2.75) is 82.1 Å². The fraction of sp³-hybridized carbons (Fsp3) is 0.652. The van der Waals surface area contributed by atoms with Crippen LogP contribution in [-0.2, 0) is 22.4 Å². The van der Waals surface area contributed by atoms with Gasteiger partial charge in [-0.05, 0) is 56.4 Å². The van der Waals surface area contributed by atoms with Crippen LogP contribution in [0.15, 0.2) is 5.03 Å². The number of fused-ring (bicyclic) bond motifs is 3. The van der Waals surface area contributed by atoms with E-state index in [9.17, 15) is 9.59 Å². The van der Waals surface area contributed by atoms with Crippen molar-refractivity contribution in [3.8, 4) is 0 Å². The Morgan fingerprint density at radius 2 is 1.87 bits per heavy atom. The lowest BCUT2D eigenvalue weighted by Gasteiger charge is -2.20. The van der Waals surface area contributed by atoms with Gasteiger partial charge in [0.2, 0.25) is 11.8 Å². The minimum atomic E-state index is -0.188. The summed E-state index contributed by atoms with van der Waals surface area (Å²) in [6, 6.07) is 0. The van der Waals surface area contributed by atoms with Gasteiger partial charge in [0.25, 0.3) is 0 Å². The highest BCUT2D eigenvalue weighted by molar-refractivity contribution is 8.00. The lowest BCUT2D eigenvalue weighted by molar-refractivity contribution is -0.131. The van der Waals surface area contributed by atoms with Crippen molar-refractivity contribution in [1.29, 1.82) is 0 Å². The van der Waals surface area contributed by atoms with Crippen molar-refractivity contribution in [2.24, 2.45) is 11.8 Å². The Hall–Kier alpha value is -1.67. The fourth-order valence-corrected chi connectivity index (χ4v) is 7.04. The Bertz CT molecular complexity index is 995. The minimum Gasteiger partial charge on any atom is -0.273 e. The molecule has 6 nitrogen and oxygen atoms in total. The molecule has 0 unspecified atom stereocenters. The number of aromatic nitrogens is 2. The number of thiophene rings is 1. The molecular formula is C23H30N4O2S2. The van der Waals surface area contributed by atoms with Gasteiger partial charge in [-0.25, -0.2) is 9.97 Å². The second kappa shape index (κ2) is 9.06. The number of nitrogens with zero attached hydrogens (tertiary/aromatic N) is 2. The summed E-state index contributed by atoms with van der Waals surface area (Å²) in [5.41, 5.74) is 6.64. The number of aryl methyl sites for hydroxylation is 1. The molecule has 2 N–H and O–H groups in total. The summed E-state index contributed by atoms with van der Waals surface area (Å²) in [5.74, 6) is 2.15. The topological polar surface area (TPSA) is 84.0 Å². The molecule has 0 bridgehead atoms. The van der Waals surface area contributed by atoms with Gasteiger partial charge in [-0.15, -0.1) is 11.3 Å². The SMILES string of the molecule is C[C@@H]1CCc2c(sc3nc(C4CC4)nc(SCC(=O)NNC(=O)C4CCCCC4)c23)C1. The van der Waals surface area contributed by atoms with Gasteiger partial charge in [0.05, 0.1) is 5.75 Å². The van der Waals surface area contributed by atoms with E-state index in [1.54, 1.807) is 0 Å². The highest BCUT2D eigenvalue weighted by Crippen LogP contribution is 2.44. The molecule has 2 amide bonds. The fourth-order valence-electron chi connectivity index (χ4n) is 4.72. The maximum absolute atomic E-state index is 12.5. The third-order valence-corrected chi connectivity index (χ3v) is 8.85. The summed E-state index contributed by atoms with van der Waals surface area (Å²) >= 11 is 3.29. The monoisotopic (exact) mass is 458 g/mol. The molecule has 2 aromatic heterocycles. The van der Waals surface area contributed by atoms with Crippen LogP contribution >= 0.6 is 23.1 Å². The van der Waals surface area contributed by atoms with Gasteiger partial charge in [-0.3, -0.25) is 20.4 Å². The quantitative estimate of drug-likeness (QED) is 0.391. The Morgan fingerprint density at radius 1 is 1.06 bits per heavy atom. The van der Waals surface area contributed by atoms with E-state index >= 15 is 0 Å². The second-order valence-corrected chi connectivity index (χ2v) is 11.4. The number of hydrogen-bond donors (Lipinski definition) is 2. The Labute approximate surface area is 191 Å². The van der Waals surface area contributed by atoms with E-state index in [1.807, 2.05) is 11.3 Å². The van der Waals surface area contributed by atoms with E-state index in [4.69, 9.17) is 9.97 Å². The lowest BCUT2D eigenvalue weighted by Crippen LogP contribution is -2.45. The average molecular weight is 459 g/mol. The highest BCUT2D eigenvalue weighted by Gasteiger charge is 2.30. The van der Waals surface area contributed by atoms with Gasteiger partial charge in [0.1, 0.15) is 15.7 Å². The number of nitrogens with one attached hydrogen (secondary N) is 2. The molecular weight excluding hydrogens is 428 g/mol. The Morgan fingerprint density at radius 3 is 2.65 bits per heavy atom. The minimum absolute atomic E-state index is 0.0315. The van der Waals surface area contributed by atoms with Gasteiger partial charge in [-0.1, -0.05) is 37.9 Å². The highest BCUT2D eigenvalue weighted by atomic mass is 32.2. The van der Waals surface area contributed by atoms with E-state index in [0.717, 1.165) is 67.0 Å². The van der Waals surface area contributed by atoms with E-state index in [2.05, 4.69) is 17.8 Å². The summed E-state index contributed by atoms with van der Waals surface area (Å²) in [5, 5.41) is 2.10. The third-order valence-electron chi connectivity index (χ3n) is 6.72. The largest absolute Gasteiger partial charge is 0.273 e. The molecule has 1 atom stereocenters. The molecule has 0 aliphatic heterocycles. The van der Waals surface area contributed by atoms with Crippen LogP contribution in [0, 0.1) is 11.8 Å². The molecule has 0 spiro atoms. The van der Waals surface area contributed by atoms with E-state index in [0.29, 0.717) is 11.8 Å². The Balaban J connectivity index is 1.28. The summed E-state index contributed by atoms with van der Waals surface area (Å²) < 4.78 is 0. The zero-order valence-corrected chi connectivity index (χ0v) is 19.7. The van der Waals surface area contributed by atoms with Crippen LogP contribution in [0.5, 0.6) is 0 Å². The molecule has 8 heteroatoms. The molecule has 2 heterocycles. The summed E-state index contributed by atoms with van der Waals surface area (Å²) in [7, 11) is 0. The molecule has 2 saturated carbocycles. The predicted molar refractivity (Wildman–Crippen MR) is 124 cm³/mol. The number of carbonyl (C=O) groups excluding carboxylic acids is 2. The van der Waals surface area contributed by atoms with Crippen LogP contribution in [0.2, 0.25) is 0 Å². The first-order valence-corrected chi connectivity index (χ1v) is 13.4. The number of hydrogen-bond acceptors (Lipinski definition) is 6. The molecule has 2 aromatic rings. The maximum atomic E-state index is 12.5. The van der Waals surface area contributed by atoms with Crippen molar-refractivity contribution in [3.05, 3.63) is 16.3 Å². The summed E-state index contributed by atoms with van der Waals surface area (Å²) in [4.78, 5) is 37.1. The first-order valence-electron chi connectivity index (χ1n) is 11.6. The summed E-state index contributed by atoms with van der Waals surface area (Å²) in [6.45, 7) is 2.32. The molecule has 0 aromatic carbocycles. The first-order chi connectivity index (χ1) is 15.1. The van der Waals surface area contributed by atoms with Crippen LogP contribution in [0.25, 0.3) is 10.2 Å². The standard InChI is InChI=1S/C23H30N4O2S2/c1-13-7-10-16-17(11-13)31-23-19(16)22(24-20(25-23)14-8-9-14)30-12-18(28)26-27-21(29)15-5-3-2-4-6-15/h13-15H,2-12H2,1H3,(H,26,28)(H,27,29)/t13-/m1/s1. The van der Waals surface area contributed by atoms with Gasteiger partial charge >= 0.3 is 0 Å². The van der Waals surface area contributed by atoms with Crippen molar-refractivity contribution in [3.63, 3.8) is 0 Å². The molecule has 0 saturated heterocycles. The van der Waals surface area contributed by atoms with Gasteiger partial charge in [0, 0.05) is 22.1 Å². The molecule has 3 aliphatic rings. The molecule has 31 heavy (non-hydrogen) atoms. The average Bonchev–Trinajstić information content (AvgIpc) is 3.57. The van der Waals surface area contributed by atoms with E-state index in [-0.39, 0.29) is 23.5 Å². The second-order valence-electron chi connectivity index (χ2n) is 9.35. The zero-order chi connectivity index (χ0) is 21.4. The molecule has 2 fully saturated rings. The van der Waals surface area contributed by atoms with Crippen molar-refractivity contribution < 1.29 is 9.59 Å². The van der Waals surface area contributed by atoms with Crippen LogP contribution in [0.1, 0.15) is 80.5 Å². The van der Waals surface area contributed by atoms with Crippen molar-refractivity contribution >= 4 is 45.1 Å². The van der Waals surface area contributed by atoms with E-state index in [1.165, 1.54) is 40.4 Å². The molecule has 166 valence electrons. The van der Waals surface area contributed by atoms with Gasteiger partial charge < -0.3 is 0 Å². The predicted octanol–water partition coefficient (Wildman–Crippen LogP) is 4.51. The normalized spacial score (nSPS) is 21.6. The van der Waals surface area contributed by atoms with Gasteiger partial charge in [-0.2, -0.15) is 0 Å². The van der Waals surface area contributed by atoms with Crippen LogP contribution in [-0.4, -0.2) is 27.5 Å². The van der Waals surface area contributed by atoms with Crippen molar-refractivity contribution in [2.75, 3.05) is 5.75 Å². The smallest absolute Gasteiger partial charge is 0.248 e. The molecule has 3 aliphatic carbocycles. The number of carbonyl (C=O) groups is 2. The van der Waals surface area contributed by atoms with Crippen LogP contribution < -0.4 is 10.9 Å². The number of thioether (sulfide) groups is 1. The van der Waals surface area contributed by atoms with Crippen molar-refractivity contribution in [1.82, 2.24) is 20.8 Å². The number of rotatable bonds is 5. The number of amides is 2. The van der Waals surface area contributed by atoms with Crippen LogP contribution in [0.3, 0.4) is 0 Å². The molecule has 5 rings (SSSR count). The third kappa shape index (κ3) is 4.75. The zero-order valence-electron chi connectivity index (χ0n) is 18.0. The van der Waals surface area contributed by atoms with E-state index < -0.39 is 0 Å². The molecule has 0 radical (unpaired) electrons. The lowest BCUT2D eigenvalue weighted by atomic mass is 9.89. The Kier molecular flexibility index (Phi) is 6.19. The maximum Gasteiger partial charge on any atom is 0.248 e. The van der Waals surface area contributed by atoms with Crippen LogP contribution in [0.4, 0.5) is 0 Å².